The van der Waals surface area contributed by atoms with Gasteiger partial charge in [0.2, 0.25) is 21.8 Å². The summed E-state index contributed by atoms with van der Waals surface area (Å²) in [5, 5.41) is 5.71. The number of sulfonamides is 1. The summed E-state index contributed by atoms with van der Waals surface area (Å²) in [4.78, 5) is 23.5. The summed E-state index contributed by atoms with van der Waals surface area (Å²) in [5.74, 6) is -0.702. The molecule has 0 saturated carbocycles. The molecule has 0 aromatic heterocycles. The molecule has 0 fully saturated rings. The Morgan fingerprint density at radius 2 is 1.81 bits per heavy atom. The lowest BCUT2D eigenvalue weighted by Gasteiger charge is -2.22. The molecule has 0 unspecified atom stereocenters. The van der Waals surface area contributed by atoms with E-state index in [0.29, 0.717) is 22.1 Å². The SMILES string of the molecule is CC(=O)Nc1ccc(NC(=O)CN(c2cccc(Cl)c2)S(C)(=O)=O)cc1C. The number of rotatable bonds is 6. The van der Waals surface area contributed by atoms with E-state index < -0.39 is 22.5 Å². The van der Waals surface area contributed by atoms with E-state index in [2.05, 4.69) is 10.6 Å². The number of amides is 2. The van der Waals surface area contributed by atoms with Crippen LogP contribution in [-0.2, 0) is 19.6 Å². The Balaban J connectivity index is 2.17. The van der Waals surface area contributed by atoms with Gasteiger partial charge >= 0.3 is 0 Å². The van der Waals surface area contributed by atoms with E-state index in [4.69, 9.17) is 11.6 Å². The van der Waals surface area contributed by atoms with Gasteiger partial charge in [-0.2, -0.15) is 0 Å². The first-order valence-corrected chi connectivity index (χ1v) is 10.2. The zero-order chi connectivity index (χ0) is 20.2. The first-order valence-electron chi connectivity index (χ1n) is 7.97. The maximum Gasteiger partial charge on any atom is 0.245 e. The minimum Gasteiger partial charge on any atom is -0.326 e. The number of aryl methyl sites for hydroxylation is 1. The number of hydrogen-bond acceptors (Lipinski definition) is 4. The molecule has 2 rings (SSSR count). The maximum atomic E-state index is 12.4. The molecule has 0 aliphatic rings. The van der Waals surface area contributed by atoms with E-state index in [1.54, 1.807) is 43.3 Å². The standard InChI is InChI=1S/C18H20ClN3O4S/c1-12-9-15(7-8-17(12)20-13(2)23)21-18(24)11-22(27(3,25)26)16-6-4-5-14(19)10-16/h4-10H,11H2,1-3H3,(H,20,23)(H,21,24). The summed E-state index contributed by atoms with van der Waals surface area (Å²) in [6.07, 6.45) is 1.02. The first kappa shape index (κ1) is 20.7. The van der Waals surface area contributed by atoms with Gasteiger partial charge in [0.15, 0.2) is 0 Å². The lowest BCUT2D eigenvalue weighted by atomic mass is 10.1. The van der Waals surface area contributed by atoms with Crippen molar-refractivity contribution in [2.24, 2.45) is 0 Å². The van der Waals surface area contributed by atoms with Crippen molar-refractivity contribution < 1.29 is 18.0 Å². The normalized spacial score (nSPS) is 11.0. The van der Waals surface area contributed by atoms with Crippen molar-refractivity contribution in [2.45, 2.75) is 13.8 Å². The van der Waals surface area contributed by atoms with Crippen LogP contribution in [0.1, 0.15) is 12.5 Å². The average molecular weight is 410 g/mol. The van der Waals surface area contributed by atoms with E-state index in [9.17, 15) is 18.0 Å². The van der Waals surface area contributed by atoms with Crippen LogP contribution >= 0.6 is 11.6 Å². The fourth-order valence-corrected chi connectivity index (χ4v) is 3.47. The second-order valence-electron chi connectivity index (χ2n) is 6.01. The Labute approximate surface area is 163 Å². The molecule has 144 valence electrons. The van der Waals surface area contributed by atoms with Crippen LogP contribution in [0.25, 0.3) is 0 Å². The number of carbonyl (C=O) groups is 2. The highest BCUT2D eigenvalue weighted by Gasteiger charge is 2.21. The van der Waals surface area contributed by atoms with Gasteiger partial charge in [-0.3, -0.25) is 13.9 Å². The first-order chi connectivity index (χ1) is 12.6. The summed E-state index contributed by atoms with van der Waals surface area (Å²) in [7, 11) is -3.68. The van der Waals surface area contributed by atoms with Crippen molar-refractivity contribution in [1.29, 1.82) is 0 Å². The zero-order valence-electron chi connectivity index (χ0n) is 15.1. The molecule has 2 amide bonds. The summed E-state index contributed by atoms with van der Waals surface area (Å²) < 4.78 is 25.2. The molecule has 0 spiro atoms. The number of benzene rings is 2. The molecule has 9 heteroatoms. The van der Waals surface area contributed by atoms with Crippen LogP contribution in [0.3, 0.4) is 0 Å². The van der Waals surface area contributed by atoms with Gasteiger partial charge in [0.25, 0.3) is 0 Å². The molecule has 0 radical (unpaired) electrons. The Hall–Kier alpha value is -2.58. The molecule has 0 bridgehead atoms. The van der Waals surface area contributed by atoms with Crippen molar-refractivity contribution in [2.75, 3.05) is 27.7 Å². The summed E-state index contributed by atoms with van der Waals surface area (Å²) in [6, 6.07) is 11.2. The predicted molar refractivity (Wildman–Crippen MR) is 108 cm³/mol. The summed E-state index contributed by atoms with van der Waals surface area (Å²) in [5.41, 5.74) is 2.19. The molecule has 0 aliphatic carbocycles. The molecule has 27 heavy (non-hydrogen) atoms. The van der Waals surface area contributed by atoms with Gasteiger partial charge < -0.3 is 10.6 Å². The Morgan fingerprint density at radius 1 is 1.11 bits per heavy atom. The van der Waals surface area contributed by atoms with Crippen LogP contribution in [0.4, 0.5) is 17.1 Å². The molecule has 0 heterocycles. The van der Waals surface area contributed by atoms with E-state index in [-0.39, 0.29) is 5.91 Å². The lowest BCUT2D eigenvalue weighted by molar-refractivity contribution is -0.115. The monoisotopic (exact) mass is 409 g/mol. The number of carbonyl (C=O) groups excluding carboxylic acids is 2. The van der Waals surface area contributed by atoms with Crippen molar-refractivity contribution in [3.8, 4) is 0 Å². The van der Waals surface area contributed by atoms with E-state index in [1.165, 1.54) is 13.0 Å². The highest BCUT2D eigenvalue weighted by molar-refractivity contribution is 7.92. The van der Waals surface area contributed by atoms with E-state index in [1.807, 2.05) is 0 Å². The van der Waals surface area contributed by atoms with Gasteiger partial charge in [0.1, 0.15) is 6.54 Å². The molecule has 7 nitrogen and oxygen atoms in total. The van der Waals surface area contributed by atoms with Crippen LogP contribution in [0, 0.1) is 6.92 Å². The van der Waals surface area contributed by atoms with Crippen molar-refractivity contribution in [3.05, 3.63) is 53.1 Å². The summed E-state index contributed by atoms with van der Waals surface area (Å²) >= 11 is 5.92. The van der Waals surface area contributed by atoms with Gasteiger partial charge in [0, 0.05) is 23.3 Å². The Bertz CT molecular complexity index is 976. The van der Waals surface area contributed by atoms with Crippen molar-refractivity contribution in [1.82, 2.24) is 0 Å². The number of nitrogens with one attached hydrogen (secondary N) is 2. The minimum atomic E-state index is -3.68. The lowest BCUT2D eigenvalue weighted by Crippen LogP contribution is -2.37. The largest absolute Gasteiger partial charge is 0.326 e. The fraction of sp³-hybridized carbons (Fsp3) is 0.222. The van der Waals surface area contributed by atoms with Gasteiger partial charge in [-0.25, -0.2) is 8.42 Å². The number of anilines is 3. The minimum absolute atomic E-state index is 0.194. The zero-order valence-corrected chi connectivity index (χ0v) is 16.7. The molecule has 0 saturated heterocycles. The molecular formula is C18H20ClN3O4S. The number of halogens is 1. The third kappa shape index (κ3) is 5.97. The Kier molecular flexibility index (Phi) is 6.45. The molecule has 2 N–H and O–H groups in total. The number of hydrogen-bond donors (Lipinski definition) is 2. The van der Waals surface area contributed by atoms with Crippen LogP contribution in [0.5, 0.6) is 0 Å². The highest BCUT2D eigenvalue weighted by Crippen LogP contribution is 2.23. The van der Waals surface area contributed by atoms with Crippen LogP contribution in [0.2, 0.25) is 5.02 Å². The second-order valence-corrected chi connectivity index (χ2v) is 8.35. The van der Waals surface area contributed by atoms with Gasteiger partial charge in [-0.1, -0.05) is 17.7 Å². The van der Waals surface area contributed by atoms with Crippen molar-refractivity contribution in [3.63, 3.8) is 0 Å². The fourth-order valence-electron chi connectivity index (χ4n) is 2.43. The third-order valence-corrected chi connectivity index (χ3v) is 4.98. The van der Waals surface area contributed by atoms with Crippen LogP contribution in [-0.4, -0.2) is 33.0 Å². The molecular weight excluding hydrogens is 390 g/mol. The van der Waals surface area contributed by atoms with Crippen LogP contribution < -0.4 is 14.9 Å². The third-order valence-electron chi connectivity index (χ3n) is 3.60. The smallest absolute Gasteiger partial charge is 0.245 e. The molecule has 2 aromatic carbocycles. The average Bonchev–Trinajstić information content (AvgIpc) is 2.54. The molecule has 2 aromatic rings. The van der Waals surface area contributed by atoms with Gasteiger partial charge in [0.05, 0.1) is 11.9 Å². The quantitative estimate of drug-likeness (QED) is 0.766. The number of nitrogens with zero attached hydrogens (tertiary/aromatic N) is 1. The van der Waals surface area contributed by atoms with E-state index >= 15 is 0 Å². The predicted octanol–water partition coefficient (Wildman–Crippen LogP) is 3.01. The molecule has 0 aliphatic heterocycles. The highest BCUT2D eigenvalue weighted by atomic mass is 35.5. The van der Waals surface area contributed by atoms with Gasteiger partial charge in [-0.05, 0) is 48.9 Å². The maximum absolute atomic E-state index is 12.4. The van der Waals surface area contributed by atoms with Gasteiger partial charge in [-0.15, -0.1) is 0 Å². The molecule has 0 atom stereocenters. The van der Waals surface area contributed by atoms with Crippen molar-refractivity contribution >= 4 is 50.5 Å². The van der Waals surface area contributed by atoms with E-state index in [0.717, 1.165) is 16.1 Å². The second kappa shape index (κ2) is 8.41. The van der Waals surface area contributed by atoms with Crippen LogP contribution in [0.15, 0.2) is 42.5 Å². The summed E-state index contributed by atoms with van der Waals surface area (Å²) in [6.45, 7) is 2.80. The Morgan fingerprint density at radius 3 is 2.37 bits per heavy atom. The topological polar surface area (TPSA) is 95.6 Å².